The van der Waals surface area contributed by atoms with Crippen molar-refractivity contribution in [2.45, 2.75) is 230 Å². The van der Waals surface area contributed by atoms with Crippen LogP contribution in [0.3, 0.4) is 0 Å². The highest BCUT2D eigenvalue weighted by Gasteiger charge is 2.58. The van der Waals surface area contributed by atoms with Crippen LogP contribution in [0.4, 0.5) is 0 Å². The molecule has 0 spiro atoms. The van der Waals surface area contributed by atoms with Crippen LogP contribution in [0.15, 0.2) is 24.3 Å². The van der Waals surface area contributed by atoms with Gasteiger partial charge in [0.1, 0.15) is 73.8 Å². The van der Waals surface area contributed by atoms with Gasteiger partial charge in [-0.25, -0.2) is 9.59 Å². The van der Waals surface area contributed by atoms with Crippen molar-refractivity contribution in [1.82, 2.24) is 0 Å². The van der Waals surface area contributed by atoms with Crippen LogP contribution in [0.5, 0.6) is 0 Å². The summed E-state index contributed by atoms with van der Waals surface area (Å²) < 4.78 is 58.9. The maximum Gasteiger partial charge on any atom is 0.330 e. The summed E-state index contributed by atoms with van der Waals surface area (Å²) in [6.45, 7) is -1.93. The Hall–Kier alpha value is -2.46. The van der Waals surface area contributed by atoms with E-state index in [9.17, 15) is 81.1 Å². The molecule has 26 nitrogen and oxygen atoms in total. The van der Waals surface area contributed by atoms with Gasteiger partial charge < -0.3 is 119 Å². The molecule has 4 heterocycles. The number of rotatable bonds is 16. The van der Waals surface area contributed by atoms with Crippen molar-refractivity contribution in [1.29, 1.82) is 0 Å². The van der Waals surface area contributed by atoms with Crippen molar-refractivity contribution < 1.29 is 128 Å². The summed E-state index contributed by atoms with van der Waals surface area (Å²) >= 11 is 0. The zero-order chi connectivity index (χ0) is 55.4. The predicted octanol–water partition coefficient (Wildman–Crippen LogP) is -5.31. The zero-order valence-electron chi connectivity index (χ0n) is 42.9. The SMILES string of the molecule is COC1CC(C=CC(=O)OC[C@H]2O[C@@H](OC3CC4C(O[C@@H]5O[C@H](CO)[C@@H](O)[C@H](O)[C@H]5O)CC(O)CC4[OH+]C3C3CCC(O)C(O)C3)[C@H](O[C@@H]3OC[C@@H](O)[C@H](O)[C@H]3OC(=O)C=CC3CCC(O)C(O)C3)[C@@H](O)[C@@H]2O)CCC1O. The summed E-state index contributed by atoms with van der Waals surface area (Å²) in [6.07, 6.45) is -25.3. The number of hydrogen-bond donors (Lipinski definition) is 14. The topological polar surface area (TPSA) is 413 Å². The number of hydrogen-bond acceptors (Lipinski definition) is 25. The number of ether oxygens (including phenoxy) is 10. The molecular formula is C51H81O26+. The van der Waals surface area contributed by atoms with Crippen LogP contribution in [0.2, 0.25) is 0 Å². The Morgan fingerprint density at radius 2 is 1.18 bits per heavy atom. The summed E-state index contributed by atoms with van der Waals surface area (Å²) in [5.74, 6) is -3.39. The van der Waals surface area contributed by atoms with Gasteiger partial charge in [0, 0.05) is 38.0 Å². The minimum atomic E-state index is -1.98. The number of allylic oxidation sites excluding steroid dienone is 2. The van der Waals surface area contributed by atoms with Gasteiger partial charge in [-0.2, -0.15) is 0 Å². The van der Waals surface area contributed by atoms with E-state index in [1.54, 1.807) is 6.08 Å². The number of fused-ring (bicyclic) bond motifs is 1. The summed E-state index contributed by atoms with van der Waals surface area (Å²) in [7, 11) is 1.48. The van der Waals surface area contributed by atoms with E-state index >= 15 is 0 Å². The molecule has 0 aromatic heterocycles. The number of carbonyl (C=O) groups excluding carboxylic acids is 2. The summed E-state index contributed by atoms with van der Waals surface area (Å²) in [4.78, 5) is 26.5. The first-order valence-corrected chi connectivity index (χ1v) is 27.0. The molecule has 26 heteroatoms. The van der Waals surface area contributed by atoms with Gasteiger partial charge in [0.2, 0.25) is 0 Å². The largest absolute Gasteiger partial charge is 0.460 e. The Labute approximate surface area is 444 Å². The van der Waals surface area contributed by atoms with Crippen LogP contribution in [-0.4, -0.2) is 268 Å². The van der Waals surface area contributed by atoms with E-state index in [0.717, 1.165) is 6.08 Å². The van der Waals surface area contributed by atoms with Gasteiger partial charge in [-0.15, -0.1) is 0 Å². The lowest BCUT2D eigenvalue weighted by Crippen LogP contribution is -2.66. The molecule has 0 bridgehead atoms. The van der Waals surface area contributed by atoms with E-state index < -0.39 is 197 Å². The molecule has 8 rings (SSSR count). The highest BCUT2D eigenvalue weighted by molar-refractivity contribution is 5.82. The lowest BCUT2D eigenvalue weighted by atomic mass is 9.72. The monoisotopic (exact) mass is 1110 g/mol. The van der Waals surface area contributed by atoms with Gasteiger partial charge in [0.25, 0.3) is 0 Å². The molecular weight excluding hydrogens is 1030 g/mol. The Bertz CT molecular complexity index is 1950. The first-order chi connectivity index (χ1) is 36.7. The molecule has 4 saturated carbocycles. The number of aliphatic hydroxyl groups is 16. The third kappa shape index (κ3) is 14.6. The second kappa shape index (κ2) is 27.1. The van der Waals surface area contributed by atoms with Crippen LogP contribution >= 0.6 is 0 Å². The number of methoxy groups -OCH3 is 1. The lowest BCUT2D eigenvalue weighted by Gasteiger charge is -2.50. The Balaban J connectivity index is 1.06. The van der Waals surface area contributed by atoms with E-state index in [2.05, 4.69) is 0 Å². The van der Waals surface area contributed by atoms with Gasteiger partial charge >= 0.3 is 11.9 Å². The van der Waals surface area contributed by atoms with E-state index in [0.29, 0.717) is 32.1 Å². The number of esters is 2. The molecule has 0 radical (unpaired) electrons. The molecule has 8 fully saturated rings. The van der Waals surface area contributed by atoms with Gasteiger partial charge in [0.15, 0.2) is 37.2 Å². The first kappa shape index (κ1) is 60.6. The van der Waals surface area contributed by atoms with Gasteiger partial charge in [-0.05, 0) is 76.0 Å². The summed E-state index contributed by atoms with van der Waals surface area (Å²) in [5.41, 5.74) is 0. The summed E-state index contributed by atoms with van der Waals surface area (Å²) in [6, 6.07) is 0. The first-order valence-electron chi connectivity index (χ1n) is 27.0. The van der Waals surface area contributed by atoms with Crippen molar-refractivity contribution in [2.75, 3.05) is 26.9 Å². The second-order valence-electron chi connectivity index (χ2n) is 22.2. The zero-order valence-corrected chi connectivity index (χ0v) is 42.9. The number of carbonyl (C=O) groups is 2. The van der Waals surface area contributed by atoms with Crippen molar-refractivity contribution in [3.05, 3.63) is 24.3 Å². The second-order valence-corrected chi connectivity index (χ2v) is 22.2. The standard InChI is InChI=1S/C51H80O26/c1-68-34-13-22(3-8-28(34)56)4-10-38(60)69-20-37-42(64)44(66)48(77-50-47(40(62)31(59)19-70-50)76-39(61)11-5-21-2-7-26(54)29(57)12-21)51(75-37)73-35-17-25-32(71-46(35)23-6-9-27(55)30(58)14-23)15-24(53)16-33(25)72-49-45(67)43(65)41(63)36(18-52)74-49/h4-5,10-11,21-37,40-59,62-67H,2-3,6-9,12-20H2,1H3/p+1/t21?,22?,23?,24?,25?,26?,27?,28?,29?,30?,31-,32?,33?,34?,35?,36-,37-,40+,41-,42-,43+,44+,45-,46?,47-,48-,49-,50+,51-/m1/s1. The van der Waals surface area contributed by atoms with Crippen LogP contribution in [0.25, 0.3) is 0 Å². The molecule has 440 valence electrons. The fourth-order valence-electron chi connectivity index (χ4n) is 12.3. The van der Waals surface area contributed by atoms with Crippen molar-refractivity contribution >= 4 is 11.9 Å². The lowest BCUT2D eigenvalue weighted by molar-refractivity contribution is -0.385. The summed E-state index contributed by atoms with van der Waals surface area (Å²) in [5, 5.41) is 151. The average Bonchev–Trinajstić information content (AvgIpc) is 3.42. The van der Waals surface area contributed by atoms with Crippen LogP contribution in [0.1, 0.15) is 77.0 Å². The molecule has 8 aliphatic rings. The minimum Gasteiger partial charge on any atom is -0.460 e. The third-order valence-corrected chi connectivity index (χ3v) is 16.9. The molecule has 77 heavy (non-hydrogen) atoms. The van der Waals surface area contributed by atoms with E-state index in [-0.39, 0.29) is 56.8 Å². The van der Waals surface area contributed by atoms with Crippen LogP contribution < -0.4 is 0 Å². The molecule has 0 amide bonds. The molecule has 0 aromatic rings. The number of aliphatic hydroxyl groups excluding tert-OH is 14. The smallest absolute Gasteiger partial charge is 0.330 e. The minimum absolute atomic E-state index is 0.0228. The normalized spacial score (nSPS) is 49.1. The van der Waals surface area contributed by atoms with E-state index in [1.165, 1.54) is 19.3 Å². The van der Waals surface area contributed by atoms with Gasteiger partial charge in [0.05, 0.1) is 68.0 Å². The van der Waals surface area contributed by atoms with Crippen molar-refractivity contribution in [3.8, 4) is 0 Å². The van der Waals surface area contributed by atoms with E-state index in [1.807, 2.05) is 0 Å². The highest BCUT2D eigenvalue weighted by Crippen LogP contribution is 2.44. The fourth-order valence-corrected chi connectivity index (χ4v) is 12.3. The van der Waals surface area contributed by atoms with Crippen LogP contribution in [0, 0.1) is 23.7 Å². The maximum absolute atomic E-state index is 13.3. The van der Waals surface area contributed by atoms with Gasteiger partial charge in [-0.3, -0.25) is 0 Å². The van der Waals surface area contributed by atoms with Crippen molar-refractivity contribution in [3.63, 3.8) is 0 Å². The maximum atomic E-state index is 13.3. The third-order valence-electron chi connectivity index (χ3n) is 16.9. The van der Waals surface area contributed by atoms with E-state index in [4.69, 9.17) is 47.4 Å². The predicted molar refractivity (Wildman–Crippen MR) is 256 cm³/mol. The Morgan fingerprint density at radius 3 is 1.87 bits per heavy atom. The highest BCUT2D eigenvalue weighted by atomic mass is 16.8. The van der Waals surface area contributed by atoms with Crippen LogP contribution in [-0.2, 0) is 52.2 Å². The molecule has 15 unspecified atom stereocenters. The molecule has 4 saturated heterocycles. The molecule has 0 aromatic carbocycles. The molecule has 29 atom stereocenters. The fraction of sp³-hybridized carbons (Fsp3) is 0.882. The molecule has 4 aliphatic carbocycles. The van der Waals surface area contributed by atoms with Crippen molar-refractivity contribution in [2.24, 2.45) is 23.7 Å². The Kier molecular flexibility index (Phi) is 21.3. The van der Waals surface area contributed by atoms with Gasteiger partial charge in [-0.1, -0.05) is 12.2 Å². The quantitative estimate of drug-likeness (QED) is 0.0390. The molecule has 4 aliphatic heterocycles. The Morgan fingerprint density at radius 1 is 0.545 bits per heavy atom. The molecule has 15 N–H and O–H groups in total. The average molecular weight is 1110 g/mol.